The minimum absolute atomic E-state index is 0.123. The number of fused-ring (bicyclic) bond motifs is 2. The molecule has 4 rings (SSSR count). The summed E-state index contributed by atoms with van der Waals surface area (Å²) >= 11 is 1.91. The third-order valence-corrected chi connectivity index (χ3v) is 6.92. The molecule has 3 aromatic rings. The molecule has 0 spiro atoms. The number of aliphatic carboxylic acids is 1. The van der Waals surface area contributed by atoms with Crippen LogP contribution in [0.15, 0.2) is 41.3 Å². The summed E-state index contributed by atoms with van der Waals surface area (Å²) in [5.41, 5.74) is 5.35. The highest BCUT2D eigenvalue weighted by atomic mass is 32.2. The van der Waals surface area contributed by atoms with E-state index < -0.39 is 5.97 Å². The number of nitrogens with zero attached hydrogens (tertiary/aromatic N) is 1. The zero-order valence-electron chi connectivity index (χ0n) is 16.4. The molecule has 1 aromatic heterocycles. The molecule has 3 nitrogen and oxygen atoms in total. The van der Waals surface area contributed by atoms with E-state index in [9.17, 15) is 14.3 Å². The number of carboxylic acid groups (broad SMARTS) is 1. The molecule has 0 fully saturated rings. The highest BCUT2D eigenvalue weighted by molar-refractivity contribution is 7.99. The second-order valence-electron chi connectivity index (χ2n) is 8.19. The fourth-order valence-electron chi connectivity index (χ4n) is 4.18. The molecule has 0 saturated heterocycles. The summed E-state index contributed by atoms with van der Waals surface area (Å²) in [4.78, 5) is 12.7. The number of hydrogen-bond donors (Lipinski definition) is 1. The molecule has 2 heterocycles. The van der Waals surface area contributed by atoms with Crippen LogP contribution in [0.4, 0.5) is 4.39 Å². The van der Waals surface area contributed by atoms with Crippen LogP contribution in [0.1, 0.15) is 42.7 Å². The maximum Gasteiger partial charge on any atom is 0.323 e. The number of benzene rings is 2. The summed E-state index contributed by atoms with van der Waals surface area (Å²) < 4.78 is 15.7. The summed E-state index contributed by atoms with van der Waals surface area (Å²) in [6.07, 6.45) is 1.81. The van der Waals surface area contributed by atoms with Gasteiger partial charge in [0.25, 0.3) is 0 Å². The number of hydrogen-bond acceptors (Lipinski definition) is 2. The van der Waals surface area contributed by atoms with Gasteiger partial charge in [0.05, 0.1) is 0 Å². The van der Waals surface area contributed by atoms with Crippen LogP contribution >= 0.6 is 11.8 Å². The Labute approximate surface area is 168 Å². The standard InChI is InChI=1S/C23H24FNO2S/c1-14-17(18-12-16(24)5-6-20(18)25(14)13-22(26)27)10-15-4-7-21-19(11-15)23(2,3)8-9-28-21/h4-7,11-12H,8-10,13H2,1-3H3,(H,26,27). The van der Waals surface area contributed by atoms with Gasteiger partial charge in [0, 0.05) is 21.5 Å². The lowest BCUT2D eigenvalue weighted by molar-refractivity contribution is -0.137. The maximum absolute atomic E-state index is 14.0. The molecule has 0 saturated carbocycles. The van der Waals surface area contributed by atoms with Gasteiger partial charge >= 0.3 is 5.97 Å². The van der Waals surface area contributed by atoms with E-state index in [-0.39, 0.29) is 17.8 Å². The van der Waals surface area contributed by atoms with Gasteiger partial charge in [-0.2, -0.15) is 0 Å². The number of carboxylic acids is 1. The van der Waals surface area contributed by atoms with Crippen molar-refractivity contribution in [2.24, 2.45) is 0 Å². The van der Waals surface area contributed by atoms with Crippen LogP contribution < -0.4 is 0 Å². The molecule has 5 heteroatoms. The van der Waals surface area contributed by atoms with Crippen LogP contribution in [-0.2, 0) is 23.2 Å². The average Bonchev–Trinajstić information content (AvgIpc) is 2.87. The van der Waals surface area contributed by atoms with Crippen LogP contribution in [0.5, 0.6) is 0 Å². The summed E-state index contributed by atoms with van der Waals surface area (Å²) in [7, 11) is 0. The lowest BCUT2D eigenvalue weighted by Crippen LogP contribution is -2.22. The van der Waals surface area contributed by atoms with E-state index in [0.29, 0.717) is 6.42 Å². The Bertz CT molecular complexity index is 1080. The third-order valence-electron chi connectivity index (χ3n) is 5.85. The quantitative estimate of drug-likeness (QED) is 0.629. The molecule has 2 aromatic carbocycles. The van der Waals surface area contributed by atoms with E-state index >= 15 is 0 Å². The van der Waals surface area contributed by atoms with E-state index in [1.54, 1.807) is 10.6 Å². The second-order valence-corrected chi connectivity index (χ2v) is 9.33. The lowest BCUT2D eigenvalue weighted by atomic mass is 9.80. The molecular formula is C23H24FNO2S. The minimum atomic E-state index is -0.900. The molecule has 1 aliphatic heterocycles. The number of rotatable bonds is 4. The van der Waals surface area contributed by atoms with Crippen molar-refractivity contribution in [2.45, 2.75) is 50.5 Å². The monoisotopic (exact) mass is 397 g/mol. The number of thioether (sulfide) groups is 1. The molecule has 1 N–H and O–H groups in total. The van der Waals surface area contributed by atoms with Crippen molar-refractivity contribution in [3.05, 3.63) is 64.6 Å². The highest BCUT2D eigenvalue weighted by Gasteiger charge is 2.28. The number of carbonyl (C=O) groups is 1. The van der Waals surface area contributed by atoms with Crippen molar-refractivity contribution in [1.82, 2.24) is 4.57 Å². The zero-order valence-corrected chi connectivity index (χ0v) is 17.2. The first-order valence-corrected chi connectivity index (χ1v) is 10.5. The number of aromatic nitrogens is 1. The van der Waals surface area contributed by atoms with Crippen LogP contribution in [0.2, 0.25) is 0 Å². The Morgan fingerprint density at radius 2 is 2.04 bits per heavy atom. The fourth-order valence-corrected chi connectivity index (χ4v) is 5.67. The summed E-state index contributed by atoms with van der Waals surface area (Å²) in [6.45, 7) is 6.37. The third kappa shape index (κ3) is 3.32. The Kier molecular flexibility index (Phi) is 4.74. The van der Waals surface area contributed by atoms with E-state index in [2.05, 4.69) is 32.0 Å². The first-order valence-electron chi connectivity index (χ1n) is 9.51. The summed E-state index contributed by atoms with van der Waals surface area (Å²) in [5, 5.41) is 10.1. The molecule has 0 amide bonds. The van der Waals surface area contributed by atoms with E-state index in [1.165, 1.54) is 28.2 Å². The molecule has 0 unspecified atom stereocenters. The van der Waals surface area contributed by atoms with Crippen molar-refractivity contribution in [1.29, 1.82) is 0 Å². The van der Waals surface area contributed by atoms with E-state index in [0.717, 1.165) is 34.3 Å². The Balaban J connectivity index is 1.81. The predicted molar refractivity (Wildman–Crippen MR) is 112 cm³/mol. The van der Waals surface area contributed by atoms with E-state index in [1.807, 2.05) is 18.7 Å². The first kappa shape index (κ1) is 19.1. The van der Waals surface area contributed by atoms with Crippen molar-refractivity contribution in [3.8, 4) is 0 Å². The lowest BCUT2D eigenvalue weighted by Gasteiger charge is -2.32. The van der Waals surface area contributed by atoms with Crippen molar-refractivity contribution < 1.29 is 14.3 Å². The van der Waals surface area contributed by atoms with Gasteiger partial charge in [-0.1, -0.05) is 26.0 Å². The van der Waals surface area contributed by atoms with E-state index in [4.69, 9.17) is 0 Å². The van der Waals surface area contributed by atoms with Crippen molar-refractivity contribution in [3.63, 3.8) is 0 Å². The molecule has 146 valence electrons. The highest BCUT2D eigenvalue weighted by Crippen LogP contribution is 2.42. The van der Waals surface area contributed by atoms with Gasteiger partial charge in [0.1, 0.15) is 12.4 Å². The van der Waals surface area contributed by atoms with Gasteiger partial charge in [-0.15, -0.1) is 11.8 Å². The SMILES string of the molecule is Cc1c(Cc2ccc3c(c2)C(C)(C)CCS3)c2cc(F)ccc2n1CC(=O)O. The maximum atomic E-state index is 14.0. The smallest absolute Gasteiger partial charge is 0.323 e. The minimum Gasteiger partial charge on any atom is -0.480 e. The predicted octanol–water partition coefficient (Wildman–Crippen LogP) is 5.54. The van der Waals surface area contributed by atoms with Gasteiger partial charge in [-0.25, -0.2) is 4.39 Å². The van der Waals surface area contributed by atoms with Crippen molar-refractivity contribution >= 4 is 28.6 Å². The van der Waals surface area contributed by atoms with Gasteiger partial charge in [0.2, 0.25) is 0 Å². The molecule has 0 bridgehead atoms. The number of halogens is 1. The zero-order chi connectivity index (χ0) is 20.1. The molecule has 1 aliphatic rings. The van der Waals surface area contributed by atoms with Crippen LogP contribution in [0.3, 0.4) is 0 Å². The Hall–Kier alpha value is -2.27. The van der Waals surface area contributed by atoms with Crippen LogP contribution in [0.25, 0.3) is 10.9 Å². The van der Waals surface area contributed by atoms with Gasteiger partial charge in [0.15, 0.2) is 0 Å². The van der Waals surface area contributed by atoms with Gasteiger partial charge in [-0.3, -0.25) is 4.79 Å². The van der Waals surface area contributed by atoms with Crippen LogP contribution in [-0.4, -0.2) is 21.4 Å². The molecule has 0 radical (unpaired) electrons. The molecule has 0 atom stereocenters. The fraction of sp³-hybridized carbons (Fsp3) is 0.348. The Morgan fingerprint density at radius 1 is 1.25 bits per heavy atom. The molecule has 28 heavy (non-hydrogen) atoms. The van der Waals surface area contributed by atoms with Crippen molar-refractivity contribution in [2.75, 3.05) is 5.75 Å². The Morgan fingerprint density at radius 3 is 2.79 bits per heavy atom. The molecule has 0 aliphatic carbocycles. The second kappa shape index (κ2) is 6.96. The topological polar surface area (TPSA) is 42.2 Å². The average molecular weight is 398 g/mol. The first-order chi connectivity index (χ1) is 13.3. The van der Waals surface area contributed by atoms with Gasteiger partial charge < -0.3 is 9.67 Å². The normalized spacial score (nSPS) is 15.6. The largest absolute Gasteiger partial charge is 0.480 e. The summed E-state index contributed by atoms with van der Waals surface area (Å²) in [5.74, 6) is -0.0620. The van der Waals surface area contributed by atoms with Gasteiger partial charge in [-0.05, 0) is 71.9 Å². The van der Waals surface area contributed by atoms with Crippen LogP contribution in [0, 0.1) is 12.7 Å². The molecular weight excluding hydrogens is 373 g/mol. The summed E-state index contributed by atoms with van der Waals surface area (Å²) in [6, 6.07) is 11.2.